The quantitative estimate of drug-likeness (QED) is 0.811. The zero-order valence-electron chi connectivity index (χ0n) is 13.7. The lowest BCUT2D eigenvalue weighted by Crippen LogP contribution is -2.38. The maximum absolute atomic E-state index is 12.3. The van der Waals surface area contributed by atoms with Gasteiger partial charge in [-0.15, -0.1) is 0 Å². The normalized spacial score (nSPS) is 13.2. The van der Waals surface area contributed by atoms with E-state index in [1.165, 1.54) is 0 Å². The lowest BCUT2D eigenvalue weighted by Gasteiger charge is -2.29. The van der Waals surface area contributed by atoms with Crippen LogP contribution in [0.5, 0.6) is 5.75 Å². The number of ether oxygens (including phenoxy) is 2. The van der Waals surface area contributed by atoms with E-state index >= 15 is 0 Å². The molecule has 2 aromatic rings. The lowest BCUT2D eigenvalue weighted by molar-refractivity contribution is -0.121. The predicted octanol–water partition coefficient (Wildman–Crippen LogP) is 3.10. The molecule has 1 aliphatic rings. The van der Waals surface area contributed by atoms with Gasteiger partial charge < -0.3 is 14.4 Å². The second-order valence-electron chi connectivity index (χ2n) is 5.66. The Hall–Kier alpha value is -2.82. The third-order valence-corrected chi connectivity index (χ3v) is 3.86. The number of nitrogens with zero attached hydrogens (tertiary/aromatic N) is 1. The monoisotopic (exact) mass is 325 g/mol. The summed E-state index contributed by atoms with van der Waals surface area (Å²) in [4.78, 5) is 25.7. The molecule has 2 aromatic carbocycles. The first-order chi connectivity index (χ1) is 11.6. The third kappa shape index (κ3) is 3.25. The van der Waals surface area contributed by atoms with Gasteiger partial charge in [0.1, 0.15) is 5.75 Å². The zero-order valence-corrected chi connectivity index (χ0v) is 13.7. The first-order valence-corrected chi connectivity index (χ1v) is 7.88. The lowest BCUT2D eigenvalue weighted by atomic mass is 10.1. The molecule has 0 atom stereocenters. The van der Waals surface area contributed by atoms with Crippen LogP contribution in [0.25, 0.3) is 0 Å². The number of benzene rings is 2. The van der Waals surface area contributed by atoms with Crippen LogP contribution in [0.2, 0.25) is 0 Å². The first kappa shape index (κ1) is 16.1. The van der Waals surface area contributed by atoms with Crippen molar-refractivity contribution in [2.24, 2.45) is 0 Å². The summed E-state index contributed by atoms with van der Waals surface area (Å²) in [6, 6.07) is 12.9. The van der Waals surface area contributed by atoms with Gasteiger partial charge in [0.25, 0.3) is 5.91 Å². The molecule has 0 aromatic heterocycles. The number of anilines is 1. The largest absolute Gasteiger partial charge is 0.482 e. The Morgan fingerprint density at radius 2 is 1.96 bits per heavy atom. The molecule has 0 unspecified atom stereocenters. The Kier molecular flexibility index (Phi) is 4.51. The second-order valence-corrected chi connectivity index (χ2v) is 5.66. The molecule has 124 valence electrons. The molecule has 0 N–H and O–H groups in total. The number of aryl methyl sites for hydroxylation is 1. The van der Waals surface area contributed by atoms with Crippen molar-refractivity contribution >= 4 is 17.6 Å². The fourth-order valence-corrected chi connectivity index (χ4v) is 2.63. The van der Waals surface area contributed by atoms with Crippen molar-refractivity contribution in [2.45, 2.75) is 20.4 Å². The summed E-state index contributed by atoms with van der Waals surface area (Å²) < 4.78 is 10.5. The van der Waals surface area contributed by atoms with Gasteiger partial charge >= 0.3 is 5.97 Å². The van der Waals surface area contributed by atoms with Crippen LogP contribution < -0.4 is 9.64 Å². The highest BCUT2D eigenvalue weighted by molar-refractivity contribution is 5.97. The predicted molar refractivity (Wildman–Crippen MR) is 90.3 cm³/mol. The molecule has 1 heterocycles. The van der Waals surface area contributed by atoms with Gasteiger partial charge in [-0.25, -0.2) is 4.79 Å². The zero-order chi connectivity index (χ0) is 17.1. The molecule has 5 nitrogen and oxygen atoms in total. The molecule has 0 aliphatic carbocycles. The topological polar surface area (TPSA) is 55.8 Å². The number of hydrogen-bond acceptors (Lipinski definition) is 4. The van der Waals surface area contributed by atoms with Gasteiger partial charge in [-0.05, 0) is 49.2 Å². The summed E-state index contributed by atoms with van der Waals surface area (Å²) in [6.45, 7) is 4.57. The van der Waals surface area contributed by atoms with Crippen molar-refractivity contribution in [1.29, 1.82) is 0 Å². The van der Waals surface area contributed by atoms with Crippen molar-refractivity contribution < 1.29 is 19.1 Å². The number of carbonyl (C=O) groups is 2. The average Bonchev–Trinajstić information content (AvgIpc) is 2.58. The van der Waals surface area contributed by atoms with E-state index in [1.54, 1.807) is 24.0 Å². The smallest absolute Gasteiger partial charge is 0.338 e. The Morgan fingerprint density at radius 1 is 1.21 bits per heavy atom. The summed E-state index contributed by atoms with van der Waals surface area (Å²) in [5.74, 6) is 0.290. The standard InChI is InChI=1S/C19H19NO4/c1-3-23-19(22)15-7-5-14(6-8-15)11-20-16-10-13(2)4-9-17(16)24-12-18(20)21/h4-10H,3,11-12H2,1-2H3. The van der Waals surface area contributed by atoms with Crippen molar-refractivity contribution in [3.05, 3.63) is 59.2 Å². The van der Waals surface area contributed by atoms with Crippen molar-refractivity contribution in [3.63, 3.8) is 0 Å². The molecule has 1 amide bonds. The van der Waals surface area contributed by atoms with Crippen LogP contribution in [0.4, 0.5) is 5.69 Å². The van der Waals surface area contributed by atoms with Gasteiger partial charge in [-0.3, -0.25) is 4.79 Å². The summed E-state index contributed by atoms with van der Waals surface area (Å²) in [6.07, 6.45) is 0. The molecule has 0 fully saturated rings. The van der Waals surface area contributed by atoms with Crippen LogP contribution in [-0.4, -0.2) is 25.1 Å². The molecule has 0 saturated carbocycles. The Bertz CT molecular complexity index is 767. The van der Waals surface area contributed by atoms with Gasteiger partial charge in [0.05, 0.1) is 24.4 Å². The number of hydrogen-bond donors (Lipinski definition) is 0. The Morgan fingerprint density at radius 3 is 2.67 bits per heavy atom. The van der Waals surface area contributed by atoms with Crippen LogP contribution >= 0.6 is 0 Å². The molecule has 0 saturated heterocycles. The molecule has 1 aliphatic heterocycles. The average molecular weight is 325 g/mol. The minimum Gasteiger partial charge on any atom is -0.482 e. The molecular formula is C19H19NO4. The number of fused-ring (bicyclic) bond motifs is 1. The fraction of sp³-hybridized carbons (Fsp3) is 0.263. The van der Waals surface area contributed by atoms with E-state index in [0.717, 1.165) is 16.8 Å². The van der Waals surface area contributed by atoms with Crippen LogP contribution in [0.3, 0.4) is 0 Å². The van der Waals surface area contributed by atoms with Gasteiger partial charge in [0.2, 0.25) is 0 Å². The highest BCUT2D eigenvalue weighted by atomic mass is 16.5. The number of esters is 1. The van der Waals surface area contributed by atoms with Crippen molar-refractivity contribution in [1.82, 2.24) is 0 Å². The van der Waals surface area contributed by atoms with E-state index in [2.05, 4.69) is 0 Å². The van der Waals surface area contributed by atoms with Crippen LogP contribution in [0.15, 0.2) is 42.5 Å². The van der Waals surface area contributed by atoms with Gasteiger partial charge in [0.15, 0.2) is 6.61 Å². The highest BCUT2D eigenvalue weighted by Gasteiger charge is 2.25. The SMILES string of the molecule is CCOC(=O)c1ccc(CN2C(=O)COc3ccc(C)cc32)cc1. The maximum Gasteiger partial charge on any atom is 0.338 e. The summed E-state index contributed by atoms with van der Waals surface area (Å²) >= 11 is 0. The molecule has 24 heavy (non-hydrogen) atoms. The molecule has 0 spiro atoms. The Labute approximate surface area is 140 Å². The van der Waals surface area contributed by atoms with Gasteiger partial charge in [-0.2, -0.15) is 0 Å². The van der Waals surface area contributed by atoms with Crippen LogP contribution in [0.1, 0.15) is 28.4 Å². The van der Waals surface area contributed by atoms with E-state index in [4.69, 9.17) is 9.47 Å². The maximum atomic E-state index is 12.3. The third-order valence-electron chi connectivity index (χ3n) is 3.86. The highest BCUT2D eigenvalue weighted by Crippen LogP contribution is 2.33. The summed E-state index contributed by atoms with van der Waals surface area (Å²) in [5.41, 5.74) is 3.28. The first-order valence-electron chi connectivity index (χ1n) is 7.88. The summed E-state index contributed by atoms with van der Waals surface area (Å²) in [5, 5.41) is 0. The van der Waals surface area contributed by atoms with E-state index in [1.807, 2.05) is 37.3 Å². The van der Waals surface area contributed by atoms with E-state index in [0.29, 0.717) is 24.5 Å². The van der Waals surface area contributed by atoms with E-state index in [-0.39, 0.29) is 18.5 Å². The molecule has 0 bridgehead atoms. The fourth-order valence-electron chi connectivity index (χ4n) is 2.63. The van der Waals surface area contributed by atoms with Crippen LogP contribution in [-0.2, 0) is 16.1 Å². The van der Waals surface area contributed by atoms with Gasteiger partial charge in [-0.1, -0.05) is 18.2 Å². The van der Waals surface area contributed by atoms with Crippen LogP contribution in [0, 0.1) is 6.92 Å². The molecule has 5 heteroatoms. The van der Waals surface area contributed by atoms with Crippen molar-refractivity contribution in [3.8, 4) is 5.75 Å². The molecule has 0 radical (unpaired) electrons. The molecular weight excluding hydrogens is 306 g/mol. The van der Waals surface area contributed by atoms with Gasteiger partial charge in [0, 0.05) is 0 Å². The van der Waals surface area contributed by atoms with E-state index < -0.39 is 0 Å². The summed E-state index contributed by atoms with van der Waals surface area (Å²) in [7, 11) is 0. The van der Waals surface area contributed by atoms with E-state index in [9.17, 15) is 9.59 Å². The Balaban J connectivity index is 1.82. The minimum absolute atomic E-state index is 0.0387. The van der Waals surface area contributed by atoms with Crippen molar-refractivity contribution in [2.75, 3.05) is 18.1 Å². The minimum atomic E-state index is -0.340. The number of carbonyl (C=O) groups excluding carboxylic acids is 2. The number of amides is 1. The number of rotatable bonds is 4. The molecule has 3 rings (SSSR count). The second kappa shape index (κ2) is 6.74.